The summed E-state index contributed by atoms with van der Waals surface area (Å²) in [4.78, 5) is 7.97. The molecule has 0 amide bonds. The van der Waals surface area contributed by atoms with Crippen molar-refractivity contribution in [1.29, 1.82) is 0 Å². The van der Waals surface area contributed by atoms with Crippen LogP contribution in [0.4, 0.5) is 11.8 Å². The number of nitrogen functional groups attached to an aromatic ring is 2. The molecule has 6 nitrogen and oxygen atoms in total. The van der Waals surface area contributed by atoms with Crippen LogP contribution in [0.2, 0.25) is 0 Å². The van der Waals surface area contributed by atoms with Crippen LogP contribution >= 0.6 is 0 Å². The third-order valence-electron chi connectivity index (χ3n) is 3.06. The first-order valence-corrected chi connectivity index (χ1v) is 6.44. The van der Waals surface area contributed by atoms with Crippen LogP contribution in [-0.4, -0.2) is 19.7 Å². The lowest BCUT2D eigenvalue weighted by Crippen LogP contribution is -2.07. The van der Waals surface area contributed by atoms with Crippen molar-refractivity contribution in [2.45, 2.75) is 39.7 Å². The molecule has 0 atom stereocenters. The molecule has 0 aliphatic carbocycles. The monoisotopic (exact) mass is 260 g/mol. The zero-order chi connectivity index (χ0) is 14.0. The maximum absolute atomic E-state index is 5.87. The van der Waals surface area contributed by atoms with E-state index in [-0.39, 0.29) is 5.95 Å². The molecule has 0 saturated heterocycles. The molecule has 0 radical (unpaired) electrons. The maximum Gasteiger partial charge on any atom is 0.221 e. The van der Waals surface area contributed by atoms with Gasteiger partial charge in [-0.1, -0.05) is 13.8 Å². The first-order valence-electron chi connectivity index (χ1n) is 6.44. The van der Waals surface area contributed by atoms with Crippen LogP contribution in [0, 0.1) is 0 Å². The van der Waals surface area contributed by atoms with Crippen LogP contribution in [0.5, 0.6) is 0 Å². The minimum absolute atomic E-state index is 0.202. The summed E-state index contributed by atoms with van der Waals surface area (Å²) in [5, 5.41) is 4.58. The molecule has 0 unspecified atom stereocenters. The number of nitrogens with zero attached hydrogens (tertiary/aromatic N) is 4. The Balaban J connectivity index is 2.32. The quantitative estimate of drug-likeness (QED) is 0.870. The van der Waals surface area contributed by atoms with Gasteiger partial charge in [-0.2, -0.15) is 10.1 Å². The van der Waals surface area contributed by atoms with E-state index in [9.17, 15) is 0 Å². The van der Waals surface area contributed by atoms with E-state index in [0.29, 0.717) is 18.2 Å². The van der Waals surface area contributed by atoms with Gasteiger partial charge in [-0.25, -0.2) is 4.98 Å². The summed E-state index contributed by atoms with van der Waals surface area (Å²) in [5.41, 5.74) is 14.4. The molecular formula is C13H20N6. The highest BCUT2D eigenvalue weighted by molar-refractivity contribution is 5.43. The molecule has 102 valence electrons. The van der Waals surface area contributed by atoms with Gasteiger partial charge in [0.1, 0.15) is 5.82 Å². The van der Waals surface area contributed by atoms with Crippen LogP contribution in [0.1, 0.15) is 43.6 Å². The second-order valence-electron chi connectivity index (χ2n) is 4.85. The van der Waals surface area contributed by atoms with Gasteiger partial charge in [-0.05, 0) is 18.9 Å². The van der Waals surface area contributed by atoms with Gasteiger partial charge >= 0.3 is 0 Å². The van der Waals surface area contributed by atoms with E-state index >= 15 is 0 Å². The summed E-state index contributed by atoms with van der Waals surface area (Å²) in [5.74, 6) is 1.04. The Bertz CT molecular complexity index is 573. The number of hydrogen-bond acceptors (Lipinski definition) is 5. The van der Waals surface area contributed by atoms with Crippen LogP contribution in [0.15, 0.2) is 12.3 Å². The summed E-state index contributed by atoms with van der Waals surface area (Å²) >= 11 is 0. The lowest BCUT2D eigenvalue weighted by atomic mass is 10.1. The van der Waals surface area contributed by atoms with Crippen molar-refractivity contribution in [2.75, 3.05) is 11.5 Å². The average molecular weight is 260 g/mol. The molecule has 2 aromatic rings. The zero-order valence-corrected chi connectivity index (χ0v) is 11.6. The molecule has 0 saturated carbocycles. The summed E-state index contributed by atoms with van der Waals surface area (Å²) < 4.78 is 1.99. The first kappa shape index (κ1) is 13.3. The van der Waals surface area contributed by atoms with E-state index in [2.05, 4.69) is 41.9 Å². The Kier molecular flexibility index (Phi) is 3.69. The fourth-order valence-electron chi connectivity index (χ4n) is 1.94. The van der Waals surface area contributed by atoms with Gasteiger partial charge in [0.2, 0.25) is 5.95 Å². The molecule has 0 bridgehead atoms. The maximum atomic E-state index is 5.87. The predicted molar refractivity (Wildman–Crippen MR) is 75.7 cm³/mol. The zero-order valence-electron chi connectivity index (χ0n) is 11.6. The van der Waals surface area contributed by atoms with E-state index in [0.717, 1.165) is 23.5 Å². The molecule has 2 heterocycles. The highest BCUT2D eigenvalue weighted by Crippen LogP contribution is 2.19. The Morgan fingerprint density at radius 2 is 2.05 bits per heavy atom. The van der Waals surface area contributed by atoms with Gasteiger partial charge < -0.3 is 11.5 Å². The third kappa shape index (κ3) is 2.83. The topological polar surface area (TPSA) is 95.6 Å². The van der Waals surface area contributed by atoms with Crippen LogP contribution < -0.4 is 11.5 Å². The summed E-state index contributed by atoms with van der Waals surface area (Å²) in [6.07, 6.45) is 2.35. The van der Waals surface area contributed by atoms with Crippen LogP contribution in [-0.2, 0) is 13.0 Å². The second kappa shape index (κ2) is 5.26. The molecule has 4 N–H and O–H groups in total. The fourth-order valence-corrected chi connectivity index (χ4v) is 1.94. The minimum atomic E-state index is 0.202. The van der Waals surface area contributed by atoms with E-state index < -0.39 is 0 Å². The first-order chi connectivity index (χ1) is 9.01. The minimum Gasteiger partial charge on any atom is -0.383 e. The summed E-state index contributed by atoms with van der Waals surface area (Å²) in [7, 11) is 0. The standard InChI is InChI=1S/C13H20N6/c1-4-19-10(6-11(18-19)8(2)3)5-9-7-16-13(15)17-12(9)14/h6-8H,4-5H2,1-3H3,(H4,14,15,16,17). The van der Waals surface area contributed by atoms with Crippen LogP contribution in [0.3, 0.4) is 0 Å². The normalized spacial score (nSPS) is 11.2. The van der Waals surface area contributed by atoms with Crippen molar-refractivity contribution < 1.29 is 0 Å². The SMILES string of the molecule is CCn1nc(C(C)C)cc1Cc1cnc(N)nc1N. The van der Waals surface area contributed by atoms with Crippen molar-refractivity contribution >= 4 is 11.8 Å². The summed E-state index contributed by atoms with van der Waals surface area (Å²) in [6, 6.07) is 2.12. The fraction of sp³-hybridized carbons (Fsp3) is 0.462. The van der Waals surface area contributed by atoms with Gasteiger partial charge in [0.15, 0.2) is 0 Å². The number of anilines is 2. The molecule has 6 heteroatoms. The highest BCUT2D eigenvalue weighted by Gasteiger charge is 2.12. The molecule has 19 heavy (non-hydrogen) atoms. The van der Waals surface area contributed by atoms with E-state index in [1.807, 2.05) is 4.68 Å². The lowest BCUT2D eigenvalue weighted by molar-refractivity contribution is 0.612. The largest absolute Gasteiger partial charge is 0.383 e. The smallest absolute Gasteiger partial charge is 0.221 e. The van der Waals surface area contributed by atoms with Gasteiger partial charge in [-0.3, -0.25) is 4.68 Å². The van der Waals surface area contributed by atoms with E-state index in [4.69, 9.17) is 11.5 Å². The average Bonchev–Trinajstić information content (AvgIpc) is 2.76. The van der Waals surface area contributed by atoms with Gasteiger partial charge in [0, 0.05) is 30.4 Å². The summed E-state index contributed by atoms with van der Waals surface area (Å²) in [6.45, 7) is 7.17. The lowest BCUT2D eigenvalue weighted by Gasteiger charge is -2.06. The Morgan fingerprint density at radius 1 is 1.32 bits per heavy atom. The number of hydrogen-bond donors (Lipinski definition) is 2. The number of aromatic nitrogens is 4. The Hall–Kier alpha value is -2.11. The number of nitrogens with two attached hydrogens (primary N) is 2. The third-order valence-corrected chi connectivity index (χ3v) is 3.06. The molecule has 0 fully saturated rings. The molecule has 0 aromatic carbocycles. The Labute approximate surface area is 112 Å². The Morgan fingerprint density at radius 3 is 2.63 bits per heavy atom. The molecule has 0 aliphatic rings. The second-order valence-corrected chi connectivity index (χ2v) is 4.85. The van der Waals surface area contributed by atoms with Crippen LogP contribution in [0.25, 0.3) is 0 Å². The molecular weight excluding hydrogens is 240 g/mol. The van der Waals surface area contributed by atoms with Crippen molar-refractivity contribution in [3.05, 3.63) is 29.2 Å². The van der Waals surface area contributed by atoms with Crippen molar-refractivity contribution in [2.24, 2.45) is 0 Å². The van der Waals surface area contributed by atoms with Crippen molar-refractivity contribution in [1.82, 2.24) is 19.7 Å². The van der Waals surface area contributed by atoms with Crippen molar-refractivity contribution in [3.63, 3.8) is 0 Å². The molecule has 2 aromatic heterocycles. The van der Waals surface area contributed by atoms with Gasteiger partial charge in [0.25, 0.3) is 0 Å². The van der Waals surface area contributed by atoms with E-state index in [1.54, 1.807) is 6.20 Å². The van der Waals surface area contributed by atoms with E-state index in [1.165, 1.54) is 0 Å². The van der Waals surface area contributed by atoms with Crippen molar-refractivity contribution in [3.8, 4) is 0 Å². The van der Waals surface area contributed by atoms with Gasteiger partial charge in [0.05, 0.1) is 5.69 Å². The number of aryl methyl sites for hydroxylation is 1. The highest BCUT2D eigenvalue weighted by atomic mass is 15.3. The molecule has 2 rings (SSSR count). The van der Waals surface area contributed by atoms with Gasteiger partial charge in [-0.15, -0.1) is 0 Å². The predicted octanol–water partition coefficient (Wildman–Crippen LogP) is 1.57. The molecule has 0 spiro atoms. The molecule has 0 aliphatic heterocycles. The number of rotatable bonds is 4.